The van der Waals surface area contributed by atoms with Gasteiger partial charge in [-0.2, -0.15) is 0 Å². The van der Waals surface area contributed by atoms with Gasteiger partial charge in [-0.05, 0) is 29.7 Å². The minimum Gasteiger partial charge on any atom is -0.481 e. The third kappa shape index (κ3) is 3.11. The van der Waals surface area contributed by atoms with E-state index < -0.39 is 11.9 Å². The molecule has 2 aromatic rings. The van der Waals surface area contributed by atoms with Crippen molar-refractivity contribution >= 4 is 17.6 Å². The summed E-state index contributed by atoms with van der Waals surface area (Å²) in [5.74, 6) is -1.36. The molecule has 2 nitrogen and oxygen atoms in total. The second-order valence-electron chi connectivity index (χ2n) is 4.14. The minimum atomic E-state index is -0.818. The molecule has 0 amide bonds. The van der Waals surface area contributed by atoms with Crippen molar-refractivity contribution < 1.29 is 9.90 Å². The maximum atomic E-state index is 11.4. The summed E-state index contributed by atoms with van der Waals surface area (Å²) in [6.07, 6.45) is 0.444. The van der Waals surface area contributed by atoms with Gasteiger partial charge in [-0.1, -0.05) is 54.1 Å². The third-order valence-corrected chi connectivity index (χ3v) is 3.06. The highest BCUT2D eigenvalue weighted by molar-refractivity contribution is 6.30. The van der Waals surface area contributed by atoms with E-state index in [1.165, 1.54) is 0 Å². The van der Waals surface area contributed by atoms with Gasteiger partial charge >= 0.3 is 5.97 Å². The van der Waals surface area contributed by atoms with Crippen LogP contribution in [0.1, 0.15) is 17.0 Å². The number of hydrogen-bond acceptors (Lipinski definition) is 1. The summed E-state index contributed by atoms with van der Waals surface area (Å²) in [6.45, 7) is 0. The lowest BCUT2D eigenvalue weighted by atomic mass is 9.92. The van der Waals surface area contributed by atoms with Crippen LogP contribution < -0.4 is 0 Å². The molecular weight excluding hydrogens is 248 g/mol. The fourth-order valence-electron chi connectivity index (χ4n) is 1.93. The zero-order chi connectivity index (χ0) is 13.0. The lowest BCUT2D eigenvalue weighted by molar-refractivity contribution is -0.138. The van der Waals surface area contributed by atoms with Crippen LogP contribution in [-0.4, -0.2) is 11.1 Å². The second-order valence-corrected chi connectivity index (χ2v) is 4.57. The summed E-state index contributed by atoms with van der Waals surface area (Å²) in [5.41, 5.74) is 1.74. The molecule has 0 aliphatic heterocycles. The Morgan fingerprint density at radius 3 is 2.44 bits per heavy atom. The first-order valence-electron chi connectivity index (χ1n) is 5.69. The molecule has 3 heteroatoms. The highest BCUT2D eigenvalue weighted by atomic mass is 35.5. The van der Waals surface area contributed by atoms with Gasteiger partial charge in [0.15, 0.2) is 0 Å². The van der Waals surface area contributed by atoms with Gasteiger partial charge < -0.3 is 5.11 Å². The number of carboxylic acid groups (broad SMARTS) is 1. The number of aliphatic carboxylic acids is 1. The van der Waals surface area contributed by atoms with Crippen LogP contribution in [0.5, 0.6) is 0 Å². The third-order valence-electron chi connectivity index (χ3n) is 2.83. The molecule has 18 heavy (non-hydrogen) atoms. The average Bonchev–Trinajstić information content (AvgIpc) is 2.37. The molecule has 2 rings (SSSR count). The van der Waals surface area contributed by atoms with E-state index in [9.17, 15) is 9.90 Å². The maximum absolute atomic E-state index is 11.4. The number of carbonyl (C=O) groups is 1. The van der Waals surface area contributed by atoms with E-state index in [2.05, 4.69) is 0 Å². The summed E-state index contributed by atoms with van der Waals surface area (Å²) >= 11 is 5.91. The Morgan fingerprint density at radius 1 is 1.11 bits per heavy atom. The highest BCUT2D eigenvalue weighted by Crippen LogP contribution is 2.22. The Morgan fingerprint density at radius 2 is 1.83 bits per heavy atom. The van der Waals surface area contributed by atoms with Gasteiger partial charge in [0.1, 0.15) is 0 Å². The van der Waals surface area contributed by atoms with E-state index in [1.807, 2.05) is 42.5 Å². The van der Waals surface area contributed by atoms with Gasteiger partial charge in [0.2, 0.25) is 0 Å². The lowest BCUT2D eigenvalue weighted by Gasteiger charge is -2.12. The summed E-state index contributed by atoms with van der Waals surface area (Å²) in [7, 11) is 0. The molecule has 0 bridgehead atoms. The number of benzene rings is 2. The number of carboxylic acids is 1. The van der Waals surface area contributed by atoms with Crippen molar-refractivity contribution in [2.75, 3.05) is 0 Å². The molecule has 92 valence electrons. The topological polar surface area (TPSA) is 37.3 Å². The molecule has 0 fully saturated rings. The zero-order valence-electron chi connectivity index (χ0n) is 9.71. The van der Waals surface area contributed by atoms with Crippen LogP contribution in [0, 0.1) is 0 Å². The van der Waals surface area contributed by atoms with Crippen LogP contribution in [0.3, 0.4) is 0 Å². The van der Waals surface area contributed by atoms with Crippen molar-refractivity contribution in [3.05, 3.63) is 70.7 Å². The first kappa shape index (κ1) is 12.7. The van der Waals surface area contributed by atoms with Gasteiger partial charge in [-0.3, -0.25) is 4.79 Å². The highest BCUT2D eigenvalue weighted by Gasteiger charge is 2.19. The molecule has 0 aliphatic rings. The molecule has 0 radical (unpaired) electrons. The molecule has 0 heterocycles. The van der Waals surface area contributed by atoms with Crippen molar-refractivity contribution in [2.24, 2.45) is 0 Å². The normalized spacial score (nSPS) is 12.1. The monoisotopic (exact) mass is 260 g/mol. The first-order chi connectivity index (χ1) is 8.66. The molecule has 1 unspecified atom stereocenters. The SMILES string of the molecule is O=C(O)C(Cc1cccc(Cl)c1)c1ccccc1. The molecule has 0 saturated heterocycles. The predicted octanol–water partition coefficient (Wildman–Crippen LogP) is 3.75. The number of hydrogen-bond donors (Lipinski definition) is 1. The largest absolute Gasteiger partial charge is 0.481 e. The lowest BCUT2D eigenvalue weighted by Crippen LogP contribution is -2.14. The standard InChI is InChI=1S/C15H13ClO2/c16-13-8-4-5-11(9-13)10-14(15(17)18)12-6-2-1-3-7-12/h1-9,14H,10H2,(H,17,18). The molecule has 0 aliphatic carbocycles. The van der Waals surface area contributed by atoms with E-state index in [-0.39, 0.29) is 0 Å². The van der Waals surface area contributed by atoms with Gasteiger partial charge in [0, 0.05) is 5.02 Å². The fourth-order valence-corrected chi connectivity index (χ4v) is 2.15. The number of halogens is 1. The summed E-state index contributed by atoms with van der Waals surface area (Å²) in [6, 6.07) is 16.6. The molecule has 0 aromatic heterocycles. The van der Waals surface area contributed by atoms with Crippen molar-refractivity contribution in [3.63, 3.8) is 0 Å². The molecule has 0 spiro atoms. The van der Waals surface area contributed by atoms with Gasteiger partial charge in [-0.25, -0.2) is 0 Å². The van der Waals surface area contributed by atoms with Crippen LogP contribution >= 0.6 is 11.6 Å². The molecule has 1 atom stereocenters. The second kappa shape index (κ2) is 5.69. The molecule has 1 N–H and O–H groups in total. The Bertz CT molecular complexity index is 537. The summed E-state index contributed by atoms with van der Waals surface area (Å²) in [4.78, 5) is 11.4. The van der Waals surface area contributed by atoms with Crippen LogP contribution in [-0.2, 0) is 11.2 Å². The Labute approximate surface area is 111 Å². The summed E-state index contributed by atoms with van der Waals surface area (Å²) in [5, 5.41) is 9.95. The van der Waals surface area contributed by atoms with Crippen LogP contribution in [0.15, 0.2) is 54.6 Å². The molecule has 0 saturated carbocycles. The van der Waals surface area contributed by atoms with E-state index in [0.717, 1.165) is 11.1 Å². The van der Waals surface area contributed by atoms with E-state index in [4.69, 9.17) is 11.6 Å². The van der Waals surface area contributed by atoms with Crippen molar-refractivity contribution in [1.82, 2.24) is 0 Å². The van der Waals surface area contributed by atoms with Crippen LogP contribution in [0.2, 0.25) is 5.02 Å². The fraction of sp³-hybridized carbons (Fsp3) is 0.133. The van der Waals surface area contributed by atoms with Gasteiger partial charge in [-0.15, -0.1) is 0 Å². The van der Waals surface area contributed by atoms with Crippen molar-refractivity contribution in [1.29, 1.82) is 0 Å². The van der Waals surface area contributed by atoms with Crippen molar-refractivity contribution in [2.45, 2.75) is 12.3 Å². The molecular formula is C15H13ClO2. The molecule has 2 aromatic carbocycles. The smallest absolute Gasteiger partial charge is 0.311 e. The Balaban J connectivity index is 2.25. The van der Waals surface area contributed by atoms with E-state index in [1.54, 1.807) is 12.1 Å². The maximum Gasteiger partial charge on any atom is 0.311 e. The Hall–Kier alpha value is -1.80. The Kier molecular flexibility index (Phi) is 4.00. The van der Waals surface area contributed by atoms with Crippen LogP contribution in [0.25, 0.3) is 0 Å². The number of rotatable bonds is 4. The van der Waals surface area contributed by atoms with E-state index in [0.29, 0.717) is 11.4 Å². The quantitative estimate of drug-likeness (QED) is 0.909. The van der Waals surface area contributed by atoms with Crippen LogP contribution in [0.4, 0.5) is 0 Å². The zero-order valence-corrected chi connectivity index (χ0v) is 10.5. The van der Waals surface area contributed by atoms with Gasteiger partial charge in [0.25, 0.3) is 0 Å². The van der Waals surface area contributed by atoms with E-state index >= 15 is 0 Å². The van der Waals surface area contributed by atoms with Crippen molar-refractivity contribution in [3.8, 4) is 0 Å². The first-order valence-corrected chi connectivity index (χ1v) is 6.07. The predicted molar refractivity (Wildman–Crippen MR) is 72.0 cm³/mol. The minimum absolute atomic E-state index is 0.444. The van der Waals surface area contributed by atoms with Gasteiger partial charge in [0.05, 0.1) is 5.92 Å². The average molecular weight is 261 g/mol. The summed E-state index contributed by atoms with van der Waals surface area (Å²) < 4.78 is 0.